The highest BCUT2D eigenvalue weighted by Crippen LogP contribution is 2.67. The molecule has 0 aliphatic carbocycles. The summed E-state index contributed by atoms with van der Waals surface area (Å²) >= 11 is 0. The van der Waals surface area contributed by atoms with Crippen LogP contribution in [0.15, 0.2) is 46.1 Å². The molecule has 1 aromatic carbocycles. The number of nitrogens with zero attached hydrogens (tertiary/aromatic N) is 1. The SMILES string of the molecule is NCCCCCCOCc1cn([C@H]2C[C@H](O)[C@@H](COP(=O)(O)OP(=O)(O)OP(=O)(O)c3ccccc3)O2)c(=O)[nH]c1=O. The van der Waals surface area contributed by atoms with Crippen LogP contribution in [-0.4, -0.2) is 61.3 Å². The predicted molar refractivity (Wildman–Crippen MR) is 147 cm³/mol. The molecule has 0 radical (unpaired) electrons. The Labute approximate surface area is 239 Å². The minimum Gasteiger partial charge on any atom is -0.390 e. The Morgan fingerprint density at radius 3 is 2.38 bits per heavy atom. The maximum absolute atomic E-state index is 12.4. The van der Waals surface area contributed by atoms with Crippen molar-refractivity contribution in [3.05, 3.63) is 62.9 Å². The molecule has 0 saturated carbocycles. The fourth-order valence-electron chi connectivity index (χ4n) is 3.90. The molecule has 0 spiro atoms. The molecule has 1 aliphatic rings. The fraction of sp³-hybridized carbons (Fsp3) is 0.545. The Kier molecular flexibility index (Phi) is 12.6. The topological polar surface area (TPSA) is 259 Å². The van der Waals surface area contributed by atoms with E-state index in [1.807, 2.05) is 0 Å². The number of hydrogen-bond donors (Lipinski definition) is 6. The summed E-state index contributed by atoms with van der Waals surface area (Å²) in [5, 5.41) is 9.99. The summed E-state index contributed by atoms with van der Waals surface area (Å²) in [5.41, 5.74) is 4.07. The van der Waals surface area contributed by atoms with Crippen LogP contribution in [0.4, 0.5) is 0 Å². The first-order chi connectivity index (χ1) is 19.7. The fourth-order valence-corrected chi connectivity index (χ4v) is 7.90. The van der Waals surface area contributed by atoms with Gasteiger partial charge in [-0.1, -0.05) is 31.0 Å². The minimum atomic E-state index is -5.62. The van der Waals surface area contributed by atoms with Crippen molar-refractivity contribution in [1.82, 2.24) is 9.55 Å². The van der Waals surface area contributed by atoms with Crippen molar-refractivity contribution < 1.29 is 56.1 Å². The molecular weight excluding hydrogens is 623 g/mol. The highest BCUT2D eigenvalue weighted by atomic mass is 31.3. The van der Waals surface area contributed by atoms with Crippen molar-refractivity contribution in [3.8, 4) is 0 Å². The molecule has 1 saturated heterocycles. The van der Waals surface area contributed by atoms with E-state index in [1.54, 1.807) is 0 Å². The molecule has 7 N–H and O–H groups in total. The van der Waals surface area contributed by atoms with Crippen LogP contribution in [0, 0.1) is 0 Å². The highest BCUT2D eigenvalue weighted by molar-refractivity contribution is 7.71. The van der Waals surface area contributed by atoms with Crippen molar-refractivity contribution in [1.29, 1.82) is 0 Å². The van der Waals surface area contributed by atoms with Crippen LogP contribution in [0.2, 0.25) is 0 Å². The number of nitrogens with two attached hydrogens (primary N) is 1. The van der Waals surface area contributed by atoms with Crippen LogP contribution in [0.25, 0.3) is 0 Å². The van der Waals surface area contributed by atoms with Gasteiger partial charge in [-0.2, -0.15) is 4.31 Å². The molecule has 3 rings (SSSR count). The third-order valence-corrected chi connectivity index (χ3v) is 10.7. The molecule has 1 fully saturated rings. The largest absolute Gasteiger partial charge is 0.488 e. The Bertz CT molecular complexity index is 1430. The van der Waals surface area contributed by atoms with Gasteiger partial charge in [0.1, 0.15) is 12.3 Å². The summed E-state index contributed by atoms with van der Waals surface area (Å²) in [6.07, 6.45) is 0.792. The van der Waals surface area contributed by atoms with Crippen LogP contribution < -0.4 is 22.3 Å². The number of phosphoric ester groups is 1. The number of unbranched alkanes of at least 4 members (excludes halogenated alkanes) is 3. The minimum absolute atomic E-state index is 0.0896. The van der Waals surface area contributed by atoms with E-state index in [4.69, 9.17) is 15.2 Å². The molecule has 2 heterocycles. The van der Waals surface area contributed by atoms with E-state index in [1.165, 1.54) is 24.4 Å². The number of aliphatic hydroxyl groups excluding tert-OH is 1. The lowest BCUT2D eigenvalue weighted by atomic mass is 10.2. The maximum Gasteiger partial charge on any atom is 0.488 e. The monoisotopic (exact) mass is 657 g/mol. The van der Waals surface area contributed by atoms with E-state index in [0.717, 1.165) is 42.4 Å². The zero-order valence-electron chi connectivity index (χ0n) is 22.3. The predicted octanol–water partition coefficient (Wildman–Crippen LogP) is 0.982. The second kappa shape index (κ2) is 15.3. The average molecular weight is 657 g/mol. The first-order valence-corrected chi connectivity index (χ1v) is 17.4. The summed E-state index contributed by atoms with van der Waals surface area (Å²) < 4.78 is 61.8. The molecule has 0 amide bonds. The van der Waals surface area contributed by atoms with Crippen LogP contribution in [0.5, 0.6) is 0 Å². The zero-order chi connectivity index (χ0) is 31.0. The van der Waals surface area contributed by atoms with Gasteiger partial charge < -0.3 is 35.0 Å². The molecule has 6 atom stereocenters. The van der Waals surface area contributed by atoms with Crippen LogP contribution in [0.1, 0.15) is 43.9 Å². The number of nitrogens with one attached hydrogen (secondary N) is 1. The smallest absolute Gasteiger partial charge is 0.390 e. The van der Waals surface area contributed by atoms with Gasteiger partial charge in [0.15, 0.2) is 0 Å². The van der Waals surface area contributed by atoms with Gasteiger partial charge in [0.25, 0.3) is 5.56 Å². The standard InChI is InChI=1S/C22H34N3O14P3/c23-10-6-1-2-7-11-35-14-16-13-25(22(28)24-21(16)27)20-12-18(26)19(37-20)15-36-41(31,32)39-42(33,34)38-40(29,30)17-8-4-3-5-9-17/h3-5,8-9,13,18-20,26H,1-2,6-7,10-12,14-15,23H2,(H,29,30)(H,31,32)(H,33,34)(H,24,27,28)/t18-,19+,20+/m0/s1. The van der Waals surface area contributed by atoms with E-state index in [2.05, 4.69) is 18.1 Å². The van der Waals surface area contributed by atoms with Crippen molar-refractivity contribution >= 4 is 28.5 Å². The van der Waals surface area contributed by atoms with Crippen molar-refractivity contribution in [2.45, 2.75) is 57.1 Å². The zero-order valence-corrected chi connectivity index (χ0v) is 25.0. The van der Waals surface area contributed by atoms with Gasteiger partial charge in [-0.05, 0) is 31.5 Å². The first-order valence-electron chi connectivity index (χ1n) is 12.8. The normalized spacial score (nSPS) is 23.2. The number of H-pyrrole nitrogens is 1. The van der Waals surface area contributed by atoms with Gasteiger partial charge >= 0.3 is 28.9 Å². The van der Waals surface area contributed by atoms with Crippen molar-refractivity contribution in [2.24, 2.45) is 5.73 Å². The summed E-state index contributed by atoms with van der Waals surface area (Å²) in [5.74, 6) is 0. The number of aliphatic hydroxyl groups is 1. The van der Waals surface area contributed by atoms with Gasteiger partial charge in [-0.25, -0.2) is 18.2 Å². The van der Waals surface area contributed by atoms with E-state index >= 15 is 0 Å². The second-order valence-electron chi connectivity index (χ2n) is 9.26. The van der Waals surface area contributed by atoms with E-state index in [0.29, 0.717) is 13.2 Å². The molecule has 17 nitrogen and oxygen atoms in total. The molecule has 42 heavy (non-hydrogen) atoms. The third-order valence-electron chi connectivity index (χ3n) is 5.96. The second-order valence-corrected chi connectivity index (χ2v) is 14.3. The lowest BCUT2D eigenvalue weighted by molar-refractivity contribution is -0.0452. The van der Waals surface area contributed by atoms with Gasteiger partial charge in [-0.15, -0.1) is 0 Å². The molecule has 0 bridgehead atoms. The van der Waals surface area contributed by atoms with E-state index < -0.39 is 59.5 Å². The number of benzene rings is 1. The number of phosphoric acid groups is 2. The molecule has 2 aromatic rings. The van der Waals surface area contributed by atoms with Gasteiger partial charge in [0.05, 0.1) is 30.2 Å². The Hall–Kier alpha value is -1.81. The lowest BCUT2D eigenvalue weighted by Crippen LogP contribution is -2.34. The first kappa shape index (κ1) is 34.7. The van der Waals surface area contributed by atoms with Crippen LogP contribution in [-0.2, 0) is 42.9 Å². The number of aromatic nitrogens is 2. The van der Waals surface area contributed by atoms with Gasteiger partial charge in [0, 0.05) is 19.2 Å². The number of hydrogen-bond acceptors (Lipinski definition) is 12. The number of rotatable bonds is 17. The van der Waals surface area contributed by atoms with E-state index in [9.17, 15) is 43.1 Å². The van der Waals surface area contributed by atoms with Gasteiger partial charge in [-0.3, -0.25) is 23.4 Å². The Morgan fingerprint density at radius 1 is 1.00 bits per heavy atom. The average Bonchev–Trinajstić information content (AvgIpc) is 3.27. The lowest BCUT2D eigenvalue weighted by Gasteiger charge is -2.20. The number of aromatic amines is 1. The van der Waals surface area contributed by atoms with Crippen molar-refractivity contribution in [3.63, 3.8) is 0 Å². The third kappa shape index (κ3) is 10.4. The molecule has 1 aliphatic heterocycles. The summed E-state index contributed by atoms with van der Waals surface area (Å²) in [6, 6.07) is 6.47. The molecule has 1 aromatic heterocycles. The maximum atomic E-state index is 12.4. The van der Waals surface area contributed by atoms with E-state index in [-0.39, 0.29) is 23.9 Å². The summed E-state index contributed by atoms with van der Waals surface area (Å²) in [6.45, 7) is 0.0463. The van der Waals surface area contributed by atoms with Crippen LogP contribution >= 0.6 is 23.2 Å². The Balaban J connectivity index is 1.56. The molecular formula is C22H34N3O14P3. The highest BCUT2D eigenvalue weighted by Gasteiger charge is 2.43. The van der Waals surface area contributed by atoms with Crippen LogP contribution in [0.3, 0.4) is 0 Å². The number of ether oxygens (including phenoxy) is 2. The molecule has 20 heteroatoms. The summed E-state index contributed by atoms with van der Waals surface area (Å²) in [4.78, 5) is 56.4. The summed E-state index contributed by atoms with van der Waals surface area (Å²) in [7, 11) is -16.0. The molecule has 236 valence electrons. The Morgan fingerprint density at radius 2 is 1.69 bits per heavy atom. The van der Waals surface area contributed by atoms with Gasteiger partial charge in [0.2, 0.25) is 0 Å². The quantitative estimate of drug-likeness (QED) is 0.102. The van der Waals surface area contributed by atoms with Crippen molar-refractivity contribution in [2.75, 3.05) is 19.8 Å². The molecule has 3 unspecified atom stereocenters.